The first kappa shape index (κ1) is 38.4. The van der Waals surface area contributed by atoms with Crippen LogP contribution in [0, 0.1) is 0 Å². The van der Waals surface area contributed by atoms with Crippen LogP contribution in [-0.2, 0) is 31.9 Å². The Labute approximate surface area is 343 Å². The van der Waals surface area contributed by atoms with Crippen molar-refractivity contribution in [1.29, 1.82) is 0 Å². The minimum atomic E-state index is -0.222. The van der Waals surface area contributed by atoms with E-state index in [1.165, 1.54) is 14.2 Å². The number of fused-ring (bicyclic) bond motifs is 1. The normalized spacial score (nSPS) is 10.9. The molecule has 9 nitrogen and oxygen atoms in total. The van der Waals surface area contributed by atoms with E-state index in [4.69, 9.17) is 19.4 Å². The molecule has 0 saturated heterocycles. The number of esters is 2. The molecule has 0 saturated carbocycles. The zero-order valence-electron chi connectivity index (χ0n) is 32.9. The molecule has 2 heterocycles. The molecule has 8 rings (SSSR count). The minimum Gasteiger partial charge on any atom is -0.469 e. The maximum absolute atomic E-state index is 11.8. The number of methoxy groups -OCH3 is 2. The van der Waals surface area contributed by atoms with Gasteiger partial charge in [0.1, 0.15) is 0 Å². The average Bonchev–Trinajstić information content (AvgIpc) is 3.84. The molecule has 0 atom stereocenters. The maximum Gasteiger partial charge on any atom is 0.305 e. The summed E-state index contributed by atoms with van der Waals surface area (Å²) in [6.45, 7) is 0. The Morgan fingerprint density at radius 1 is 0.525 bits per heavy atom. The zero-order valence-corrected chi connectivity index (χ0v) is 32.9. The average molecular weight is 778 g/mol. The number of carbonyl (C=O) groups excluding carboxylic acids is 2. The first-order valence-electron chi connectivity index (χ1n) is 19.5. The highest BCUT2D eigenvalue weighted by atomic mass is 16.5. The van der Waals surface area contributed by atoms with Crippen LogP contribution in [0.5, 0.6) is 0 Å². The predicted molar refractivity (Wildman–Crippen MR) is 235 cm³/mol. The molecule has 8 aromatic rings. The molecule has 59 heavy (non-hydrogen) atoms. The van der Waals surface area contributed by atoms with Crippen LogP contribution in [-0.4, -0.2) is 40.7 Å². The second-order valence-corrected chi connectivity index (χ2v) is 14.1. The van der Waals surface area contributed by atoms with Crippen molar-refractivity contribution in [2.45, 2.75) is 25.7 Å². The van der Waals surface area contributed by atoms with Crippen molar-refractivity contribution >= 4 is 51.4 Å². The number of para-hydroxylation sites is 2. The lowest BCUT2D eigenvalue weighted by atomic mass is 10.0. The van der Waals surface area contributed by atoms with Gasteiger partial charge in [-0.25, -0.2) is 9.97 Å². The van der Waals surface area contributed by atoms with Gasteiger partial charge in [0.05, 0.1) is 36.6 Å². The van der Waals surface area contributed by atoms with Gasteiger partial charge in [-0.2, -0.15) is 0 Å². The van der Waals surface area contributed by atoms with Crippen LogP contribution >= 0.6 is 0 Å². The molecule has 0 aliphatic carbocycles. The summed E-state index contributed by atoms with van der Waals surface area (Å²) < 4.78 is 11.7. The van der Waals surface area contributed by atoms with Gasteiger partial charge < -0.3 is 24.3 Å². The molecule has 0 bridgehead atoms. The van der Waals surface area contributed by atoms with Crippen LogP contribution < -0.4 is 10.2 Å². The molecule has 0 aliphatic rings. The number of hydrogen-bond acceptors (Lipinski definition) is 8. The number of hydrogen-bond donors (Lipinski definition) is 1. The fraction of sp³-hybridized carbons (Fsp3) is 0.120. The van der Waals surface area contributed by atoms with Crippen molar-refractivity contribution in [1.82, 2.24) is 14.5 Å². The summed E-state index contributed by atoms with van der Waals surface area (Å²) >= 11 is 0. The number of ether oxygens (including phenoxy) is 2. The third kappa shape index (κ3) is 9.05. The molecule has 292 valence electrons. The lowest BCUT2D eigenvalue weighted by molar-refractivity contribution is -0.141. The molecule has 0 amide bonds. The standard InChI is InChI=1S/C50H43N5O4/c1-58-47(56)31-13-35-9-19-39(20-10-35)51-40-21-15-37(16-22-40)49-50(53-46-8-4-3-7-45(46)52-49)38-17-25-43(26-18-38)55(42-23-11-36(12-24-42)14-32-48(57)59-2)44-29-27-41(28-30-44)54-33-5-6-34-54/h3-12,15-30,33-34,51H,13-14,31-32H2,1-2H3. The third-order valence-corrected chi connectivity index (χ3v) is 10.3. The SMILES string of the molecule is COC(=O)CCc1ccc(Nc2ccc(-c3nc4ccccc4nc3-c3ccc(N(c4ccc(CCC(=O)OC)cc4)c4ccc(-n5cccc5)cc4)cc3)cc2)cc1. The summed E-state index contributed by atoms with van der Waals surface area (Å²) in [4.78, 5) is 35.9. The zero-order chi connectivity index (χ0) is 40.6. The van der Waals surface area contributed by atoms with E-state index in [0.29, 0.717) is 25.7 Å². The molecule has 1 N–H and O–H groups in total. The number of anilines is 5. The molecule has 9 heteroatoms. The van der Waals surface area contributed by atoms with E-state index < -0.39 is 0 Å². The Morgan fingerprint density at radius 3 is 1.41 bits per heavy atom. The van der Waals surface area contributed by atoms with Gasteiger partial charge in [0.15, 0.2) is 0 Å². The highest BCUT2D eigenvalue weighted by Gasteiger charge is 2.17. The van der Waals surface area contributed by atoms with Gasteiger partial charge in [0.2, 0.25) is 0 Å². The van der Waals surface area contributed by atoms with Crippen molar-refractivity contribution in [3.8, 4) is 28.2 Å². The minimum absolute atomic E-state index is 0.214. The van der Waals surface area contributed by atoms with Gasteiger partial charge in [0, 0.05) is 70.5 Å². The molecular formula is C50H43N5O4. The number of nitrogens with one attached hydrogen (secondary N) is 1. The first-order valence-corrected chi connectivity index (χ1v) is 19.5. The van der Waals surface area contributed by atoms with Crippen molar-refractivity contribution in [3.05, 3.63) is 181 Å². The highest BCUT2D eigenvalue weighted by Crippen LogP contribution is 2.38. The number of nitrogens with zero attached hydrogens (tertiary/aromatic N) is 4. The van der Waals surface area contributed by atoms with E-state index >= 15 is 0 Å². The van der Waals surface area contributed by atoms with Gasteiger partial charge in [-0.05, 0) is 121 Å². The fourth-order valence-electron chi connectivity index (χ4n) is 7.04. The monoisotopic (exact) mass is 777 g/mol. The summed E-state index contributed by atoms with van der Waals surface area (Å²) in [5.74, 6) is -0.436. The molecular weight excluding hydrogens is 735 g/mol. The molecule has 0 aliphatic heterocycles. The van der Waals surface area contributed by atoms with Crippen molar-refractivity contribution in [2.24, 2.45) is 0 Å². The number of benzene rings is 6. The van der Waals surface area contributed by atoms with Crippen molar-refractivity contribution in [2.75, 3.05) is 24.4 Å². The molecule has 0 spiro atoms. The quantitative estimate of drug-likeness (QED) is 0.109. The third-order valence-electron chi connectivity index (χ3n) is 10.3. The van der Waals surface area contributed by atoms with Crippen molar-refractivity contribution < 1.29 is 19.1 Å². The molecule has 6 aromatic carbocycles. The number of aromatic nitrogens is 3. The fourth-order valence-corrected chi connectivity index (χ4v) is 7.04. The van der Waals surface area contributed by atoms with E-state index in [9.17, 15) is 9.59 Å². The Hall–Kier alpha value is -7.52. The Bertz CT molecular complexity index is 2660. The lowest BCUT2D eigenvalue weighted by Crippen LogP contribution is -2.10. The van der Waals surface area contributed by atoms with Crippen LogP contribution in [0.1, 0.15) is 24.0 Å². The van der Waals surface area contributed by atoms with Crippen LogP contribution in [0.3, 0.4) is 0 Å². The maximum atomic E-state index is 11.8. The first-order chi connectivity index (χ1) is 28.9. The summed E-state index contributed by atoms with van der Waals surface area (Å²) in [5.41, 5.74) is 13.2. The van der Waals surface area contributed by atoms with Gasteiger partial charge in [-0.3, -0.25) is 9.59 Å². The molecule has 0 unspecified atom stereocenters. The summed E-state index contributed by atoms with van der Waals surface area (Å²) in [5, 5.41) is 3.48. The Kier molecular flexibility index (Phi) is 11.5. The van der Waals surface area contributed by atoms with Crippen LogP contribution in [0.25, 0.3) is 39.2 Å². The largest absolute Gasteiger partial charge is 0.469 e. The molecule has 2 aromatic heterocycles. The highest BCUT2D eigenvalue weighted by molar-refractivity contribution is 5.87. The topological polar surface area (TPSA) is 98.6 Å². The summed E-state index contributed by atoms with van der Waals surface area (Å²) in [6.07, 6.45) is 6.00. The number of rotatable bonds is 14. The van der Waals surface area contributed by atoms with Gasteiger partial charge in [0.25, 0.3) is 0 Å². The van der Waals surface area contributed by atoms with E-state index in [0.717, 1.165) is 78.8 Å². The Morgan fingerprint density at radius 2 is 0.932 bits per heavy atom. The number of aryl methyl sites for hydroxylation is 2. The predicted octanol–water partition coefficient (Wildman–Crippen LogP) is 11.2. The Balaban J connectivity index is 1.09. The number of carbonyl (C=O) groups is 2. The smallest absolute Gasteiger partial charge is 0.305 e. The van der Waals surface area contributed by atoms with E-state index in [2.05, 4.69) is 99.7 Å². The van der Waals surface area contributed by atoms with E-state index in [1.807, 2.05) is 85.2 Å². The van der Waals surface area contributed by atoms with Gasteiger partial charge in [-0.1, -0.05) is 60.7 Å². The molecule has 0 radical (unpaired) electrons. The second-order valence-electron chi connectivity index (χ2n) is 14.1. The summed E-state index contributed by atoms with van der Waals surface area (Å²) in [6, 6.07) is 53.5. The van der Waals surface area contributed by atoms with Gasteiger partial charge >= 0.3 is 11.9 Å². The van der Waals surface area contributed by atoms with E-state index in [1.54, 1.807) is 0 Å². The van der Waals surface area contributed by atoms with Crippen molar-refractivity contribution in [3.63, 3.8) is 0 Å². The van der Waals surface area contributed by atoms with E-state index in [-0.39, 0.29) is 11.9 Å². The van der Waals surface area contributed by atoms with Crippen LogP contribution in [0.4, 0.5) is 28.4 Å². The lowest BCUT2D eigenvalue weighted by Gasteiger charge is -2.26. The molecule has 0 fully saturated rings. The van der Waals surface area contributed by atoms with Crippen LogP contribution in [0.2, 0.25) is 0 Å². The second kappa shape index (κ2) is 17.7. The van der Waals surface area contributed by atoms with Crippen LogP contribution in [0.15, 0.2) is 170 Å². The summed E-state index contributed by atoms with van der Waals surface area (Å²) in [7, 11) is 2.83. The van der Waals surface area contributed by atoms with Gasteiger partial charge in [-0.15, -0.1) is 0 Å².